The standard InChI is InChI=1S/C12H10ClO8S/c1-6(15)20-10-3-8(12(5-14)22(17,18)19)9(13)4-11(10)21-7(2)16/h3-4,12H,1-2H3,(H,17,18,19). The molecule has 0 amide bonds. The van der Waals surface area contributed by atoms with E-state index < -0.39 is 27.3 Å². The number of hydrogen-bond donors (Lipinski definition) is 1. The van der Waals surface area contributed by atoms with E-state index >= 15 is 0 Å². The van der Waals surface area contributed by atoms with Gasteiger partial charge in [-0.3, -0.25) is 18.9 Å². The number of carbonyl (C=O) groups excluding carboxylic acids is 3. The normalized spacial score (nSPS) is 12.4. The van der Waals surface area contributed by atoms with Gasteiger partial charge in [0.1, 0.15) is 0 Å². The van der Waals surface area contributed by atoms with E-state index in [9.17, 15) is 22.8 Å². The van der Waals surface area contributed by atoms with Gasteiger partial charge in [0, 0.05) is 30.5 Å². The Morgan fingerprint density at radius 1 is 1.18 bits per heavy atom. The summed E-state index contributed by atoms with van der Waals surface area (Å²) in [5.41, 5.74) is -0.383. The Morgan fingerprint density at radius 2 is 1.64 bits per heavy atom. The van der Waals surface area contributed by atoms with E-state index in [1.807, 2.05) is 0 Å². The van der Waals surface area contributed by atoms with Crippen molar-refractivity contribution in [2.24, 2.45) is 0 Å². The van der Waals surface area contributed by atoms with Crippen LogP contribution in [0.15, 0.2) is 12.1 Å². The Morgan fingerprint density at radius 3 is 2.00 bits per heavy atom. The van der Waals surface area contributed by atoms with E-state index in [0.717, 1.165) is 32.3 Å². The number of rotatable bonds is 5. The molecule has 0 aliphatic carbocycles. The molecule has 1 aromatic rings. The molecule has 119 valence electrons. The molecule has 1 rings (SSSR count). The summed E-state index contributed by atoms with van der Waals surface area (Å²) < 4.78 is 40.8. The van der Waals surface area contributed by atoms with Gasteiger partial charge in [-0.2, -0.15) is 8.42 Å². The summed E-state index contributed by atoms with van der Waals surface area (Å²) in [5.74, 6) is -2.13. The Labute approximate surface area is 130 Å². The van der Waals surface area contributed by atoms with Crippen LogP contribution in [0.1, 0.15) is 24.7 Å². The Balaban J connectivity index is 3.52. The van der Waals surface area contributed by atoms with Crippen molar-refractivity contribution in [1.29, 1.82) is 0 Å². The number of ether oxygens (including phenoxy) is 2. The zero-order valence-electron chi connectivity index (χ0n) is 11.3. The molecular formula is C12H10ClO8S. The molecule has 0 aliphatic heterocycles. The molecule has 10 heteroatoms. The maximum atomic E-state index is 11.2. The van der Waals surface area contributed by atoms with Crippen molar-refractivity contribution in [2.75, 3.05) is 0 Å². The Kier molecular flexibility index (Phi) is 5.64. The molecule has 1 atom stereocenters. The van der Waals surface area contributed by atoms with E-state index in [2.05, 4.69) is 0 Å². The second-order valence-corrected chi connectivity index (χ2v) is 5.93. The van der Waals surface area contributed by atoms with E-state index in [1.54, 1.807) is 0 Å². The van der Waals surface area contributed by atoms with Crippen molar-refractivity contribution in [3.63, 3.8) is 0 Å². The number of halogens is 1. The first-order chi connectivity index (χ1) is 10.1. The molecular weight excluding hydrogens is 340 g/mol. The maximum absolute atomic E-state index is 11.2. The lowest BCUT2D eigenvalue weighted by molar-refractivity contribution is -0.134. The van der Waals surface area contributed by atoms with Gasteiger partial charge in [0.15, 0.2) is 16.7 Å². The van der Waals surface area contributed by atoms with Crippen LogP contribution in [0.3, 0.4) is 0 Å². The lowest BCUT2D eigenvalue weighted by atomic mass is 10.1. The Bertz CT molecular complexity index is 725. The Hall–Kier alpha value is -1.97. The van der Waals surface area contributed by atoms with Crippen molar-refractivity contribution < 1.29 is 36.8 Å². The predicted octanol–water partition coefficient (Wildman–Crippen LogP) is 1.23. The minimum Gasteiger partial charge on any atom is -0.423 e. The molecule has 0 aromatic heterocycles. The highest BCUT2D eigenvalue weighted by molar-refractivity contribution is 7.86. The van der Waals surface area contributed by atoms with Crippen LogP contribution in [0.4, 0.5) is 0 Å². The van der Waals surface area contributed by atoms with Gasteiger partial charge < -0.3 is 9.47 Å². The van der Waals surface area contributed by atoms with Gasteiger partial charge >= 0.3 is 11.9 Å². The monoisotopic (exact) mass is 349 g/mol. The van der Waals surface area contributed by atoms with Crippen molar-refractivity contribution in [1.82, 2.24) is 0 Å². The quantitative estimate of drug-likeness (QED) is 0.478. The SMILES string of the molecule is CC(=O)Oc1cc(Cl)c(C([C]=O)S(=O)(=O)O)cc1OC(C)=O. The van der Waals surface area contributed by atoms with Gasteiger partial charge in [-0.15, -0.1) is 0 Å². The largest absolute Gasteiger partial charge is 0.423 e. The highest BCUT2D eigenvalue weighted by Crippen LogP contribution is 2.38. The molecule has 1 radical (unpaired) electrons. The lowest BCUT2D eigenvalue weighted by Gasteiger charge is -2.14. The van der Waals surface area contributed by atoms with Crippen LogP contribution >= 0.6 is 11.6 Å². The van der Waals surface area contributed by atoms with Crippen molar-refractivity contribution in [3.8, 4) is 11.5 Å². The van der Waals surface area contributed by atoms with E-state index in [4.69, 9.17) is 25.6 Å². The van der Waals surface area contributed by atoms with Crippen LogP contribution in [0.5, 0.6) is 11.5 Å². The highest BCUT2D eigenvalue weighted by atomic mass is 35.5. The molecule has 0 fully saturated rings. The van der Waals surface area contributed by atoms with Gasteiger partial charge in [-0.25, -0.2) is 0 Å². The average molecular weight is 350 g/mol. The molecule has 1 unspecified atom stereocenters. The van der Waals surface area contributed by atoms with Crippen molar-refractivity contribution >= 4 is 39.9 Å². The second-order valence-electron chi connectivity index (χ2n) is 4.02. The van der Waals surface area contributed by atoms with Crippen LogP contribution in [0.25, 0.3) is 0 Å². The number of carbonyl (C=O) groups is 2. The molecule has 1 N–H and O–H groups in total. The third-order valence-corrected chi connectivity index (χ3v) is 3.53. The van der Waals surface area contributed by atoms with Gasteiger partial charge in [-0.1, -0.05) is 11.6 Å². The molecule has 0 saturated heterocycles. The van der Waals surface area contributed by atoms with Gasteiger partial charge in [0.2, 0.25) is 6.29 Å². The molecule has 0 saturated carbocycles. The lowest BCUT2D eigenvalue weighted by Crippen LogP contribution is -2.15. The van der Waals surface area contributed by atoms with Gasteiger partial charge in [0.05, 0.1) is 0 Å². The van der Waals surface area contributed by atoms with Crippen LogP contribution < -0.4 is 9.47 Å². The summed E-state index contributed by atoms with van der Waals surface area (Å²) >= 11 is 5.81. The fourth-order valence-corrected chi connectivity index (χ4v) is 2.47. The van der Waals surface area contributed by atoms with Crippen LogP contribution in [-0.2, 0) is 24.5 Å². The molecule has 0 heterocycles. The van der Waals surface area contributed by atoms with E-state index in [1.165, 1.54) is 0 Å². The molecule has 0 spiro atoms. The summed E-state index contributed by atoms with van der Waals surface area (Å²) in [4.78, 5) is 32.8. The van der Waals surface area contributed by atoms with Crippen molar-refractivity contribution in [3.05, 3.63) is 22.7 Å². The maximum Gasteiger partial charge on any atom is 0.308 e. The summed E-state index contributed by atoms with van der Waals surface area (Å²) in [5, 5.41) is -2.40. The topological polar surface area (TPSA) is 124 Å². The van der Waals surface area contributed by atoms with Gasteiger partial charge in [0.25, 0.3) is 10.1 Å². The zero-order valence-corrected chi connectivity index (χ0v) is 12.9. The zero-order chi connectivity index (χ0) is 17.1. The van der Waals surface area contributed by atoms with Crippen LogP contribution in [0, 0.1) is 0 Å². The summed E-state index contributed by atoms with van der Waals surface area (Å²) in [6.45, 7) is 2.14. The number of esters is 2. The van der Waals surface area contributed by atoms with Gasteiger partial charge in [-0.05, 0) is 6.07 Å². The smallest absolute Gasteiger partial charge is 0.308 e. The second kappa shape index (κ2) is 6.86. The summed E-state index contributed by atoms with van der Waals surface area (Å²) in [6, 6.07) is 1.87. The third kappa shape index (κ3) is 4.52. The first-order valence-corrected chi connectivity index (χ1v) is 7.48. The average Bonchev–Trinajstić information content (AvgIpc) is 2.32. The van der Waals surface area contributed by atoms with Crippen molar-refractivity contribution in [2.45, 2.75) is 19.1 Å². The fourth-order valence-electron chi connectivity index (χ4n) is 1.51. The first-order valence-electron chi connectivity index (χ1n) is 5.60. The molecule has 1 aromatic carbocycles. The summed E-state index contributed by atoms with van der Waals surface area (Å²) in [7, 11) is -4.83. The minimum absolute atomic E-state index is 0.253. The van der Waals surface area contributed by atoms with E-state index in [-0.39, 0.29) is 22.1 Å². The van der Waals surface area contributed by atoms with Crippen LogP contribution in [0.2, 0.25) is 5.02 Å². The molecule has 0 bridgehead atoms. The number of benzene rings is 1. The number of hydrogen-bond acceptors (Lipinski definition) is 7. The van der Waals surface area contributed by atoms with Crippen LogP contribution in [-0.4, -0.2) is 31.2 Å². The molecule has 22 heavy (non-hydrogen) atoms. The predicted molar refractivity (Wildman–Crippen MR) is 74.1 cm³/mol. The van der Waals surface area contributed by atoms with E-state index in [0.29, 0.717) is 0 Å². The summed E-state index contributed by atoms with van der Waals surface area (Å²) in [6.07, 6.45) is 1.12. The molecule has 8 nitrogen and oxygen atoms in total. The molecule has 0 aliphatic rings. The fraction of sp³-hybridized carbons (Fsp3) is 0.250. The highest BCUT2D eigenvalue weighted by Gasteiger charge is 2.30. The minimum atomic E-state index is -4.83. The third-order valence-electron chi connectivity index (χ3n) is 2.26. The first kappa shape index (κ1) is 18.1.